The molecule has 0 aliphatic carbocycles. The summed E-state index contributed by atoms with van der Waals surface area (Å²) in [5.74, 6) is -2.91. The molecule has 0 atom stereocenters. The highest BCUT2D eigenvalue weighted by atomic mass is 19.4. The molecule has 4 nitrogen and oxygen atoms in total. The number of carbonyl (C=O) groups excluding carboxylic acids is 2. The van der Waals surface area contributed by atoms with Gasteiger partial charge in [-0.2, -0.15) is 13.2 Å². The van der Waals surface area contributed by atoms with Gasteiger partial charge in [0.1, 0.15) is 5.82 Å². The number of hydrogen-bond donors (Lipinski definition) is 2. The second-order valence-electron chi connectivity index (χ2n) is 4.50. The summed E-state index contributed by atoms with van der Waals surface area (Å²) >= 11 is 0. The van der Waals surface area contributed by atoms with E-state index in [1.165, 1.54) is 18.2 Å². The number of amides is 2. The third kappa shape index (κ3) is 4.53. The molecule has 0 radical (unpaired) electrons. The van der Waals surface area contributed by atoms with E-state index in [2.05, 4.69) is 5.32 Å². The van der Waals surface area contributed by atoms with Crippen LogP contribution in [0.25, 0.3) is 0 Å². The summed E-state index contributed by atoms with van der Waals surface area (Å²) in [4.78, 5) is 23.3. The first-order chi connectivity index (χ1) is 10.8. The minimum absolute atomic E-state index is 0.0502. The maximum atomic E-state index is 13.0. The van der Waals surface area contributed by atoms with Crippen molar-refractivity contribution in [1.82, 2.24) is 0 Å². The topological polar surface area (TPSA) is 58.2 Å². The maximum absolute atomic E-state index is 13.0. The normalized spacial score (nSPS) is 11.0. The number of halogens is 4. The van der Waals surface area contributed by atoms with Gasteiger partial charge >= 0.3 is 18.0 Å². The molecule has 2 aromatic rings. The van der Waals surface area contributed by atoms with Crippen molar-refractivity contribution in [3.63, 3.8) is 0 Å². The number of benzene rings is 2. The Morgan fingerprint density at radius 2 is 1.35 bits per heavy atom. The molecule has 2 amide bonds. The fraction of sp³-hybridized carbons (Fsp3) is 0.0667. The second kappa shape index (κ2) is 6.47. The van der Waals surface area contributed by atoms with E-state index >= 15 is 0 Å². The Bertz CT molecular complexity index is 744. The van der Waals surface area contributed by atoms with Gasteiger partial charge in [0.05, 0.1) is 5.56 Å². The van der Waals surface area contributed by atoms with E-state index in [0.29, 0.717) is 6.07 Å². The molecule has 0 fully saturated rings. The van der Waals surface area contributed by atoms with Crippen LogP contribution >= 0.6 is 0 Å². The highest BCUT2D eigenvalue weighted by molar-refractivity contribution is 6.43. The zero-order valence-corrected chi connectivity index (χ0v) is 11.4. The largest absolute Gasteiger partial charge is 0.416 e. The first-order valence-electron chi connectivity index (χ1n) is 6.31. The van der Waals surface area contributed by atoms with Crippen LogP contribution in [-0.4, -0.2) is 11.8 Å². The van der Waals surface area contributed by atoms with Crippen molar-refractivity contribution in [3.8, 4) is 0 Å². The summed E-state index contributed by atoms with van der Waals surface area (Å²) < 4.78 is 50.6. The molecule has 0 spiro atoms. The molecule has 0 bridgehead atoms. The third-order valence-corrected chi connectivity index (χ3v) is 2.74. The van der Waals surface area contributed by atoms with Gasteiger partial charge in [-0.3, -0.25) is 9.59 Å². The standard InChI is InChI=1S/C15H10F4N2O2/c16-10-4-2-6-12(8-10)21-14(23)13(22)20-11-5-1-3-9(7-11)15(17,18)19/h1-8H,(H,20,22)(H,21,23). The van der Waals surface area contributed by atoms with Crippen LogP contribution in [-0.2, 0) is 15.8 Å². The van der Waals surface area contributed by atoms with Gasteiger partial charge in [0.2, 0.25) is 0 Å². The fourth-order valence-corrected chi connectivity index (χ4v) is 1.72. The summed E-state index contributed by atoms with van der Waals surface area (Å²) in [6.07, 6.45) is -4.56. The Morgan fingerprint density at radius 1 is 0.826 bits per heavy atom. The number of anilines is 2. The van der Waals surface area contributed by atoms with Crippen molar-refractivity contribution in [2.45, 2.75) is 6.18 Å². The van der Waals surface area contributed by atoms with E-state index in [-0.39, 0.29) is 11.4 Å². The van der Waals surface area contributed by atoms with Crippen LogP contribution in [0.1, 0.15) is 5.56 Å². The van der Waals surface area contributed by atoms with Gasteiger partial charge < -0.3 is 10.6 Å². The summed E-state index contributed by atoms with van der Waals surface area (Å²) in [6.45, 7) is 0. The average Bonchev–Trinajstić information content (AvgIpc) is 2.46. The van der Waals surface area contributed by atoms with Crippen molar-refractivity contribution in [2.75, 3.05) is 10.6 Å². The quantitative estimate of drug-likeness (QED) is 0.656. The lowest BCUT2D eigenvalue weighted by Crippen LogP contribution is -2.29. The fourth-order valence-electron chi connectivity index (χ4n) is 1.72. The maximum Gasteiger partial charge on any atom is 0.416 e. The predicted octanol–water partition coefficient (Wildman–Crippen LogP) is 3.42. The summed E-state index contributed by atoms with van der Waals surface area (Å²) in [6, 6.07) is 8.68. The highest BCUT2D eigenvalue weighted by Crippen LogP contribution is 2.30. The molecule has 23 heavy (non-hydrogen) atoms. The number of rotatable bonds is 2. The van der Waals surface area contributed by atoms with Gasteiger partial charge in [-0.1, -0.05) is 12.1 Å². The molecule has 0 aliphatic rings. The van der Waals surface area contributed by atoms with Crippen LogP contribution < -0.4 is 10.6 Å². The molecule has 0 unspecified atom stereocenters. The average molecular weight is 326 g/mol. The van der Waals surface area contributed by atoms with Crippen molar-refractivity contribution >= 4 is 23.2 Å². The van der Waals surface area contributed by atoms with Crippen molar-refractivity contribution in [1.29, 1.82) is 0 Å². The Kier molecular flexibility index (Phi) is 4.63. The minimum atomic E-state index is -4.56. The lowest BCUT2D eigenvalue weighted by Gasteiger charge is -2.10. The van der Waals surface area contributed by atoms with Crippen molar-refractivity contribution < 1.29 is 27.2 Å². The van der Waals surface area contributed by atoms with E-state index < -0.39 is 29.4 Å². The summed E-state index contributed by atoms with van der Waals surface area (Å²) in [7, 11) is 0. The van der Waals surface area contributed by atoms with Gasteiger partial charge in [-0.05, 0) is 36.4 Å². The van der Waals surface area contributed by atoms with Crippen molar-refractivity contribution in [3.05, 3.63) is 59.9 Å². The zero-order chi connectivity index (χ0) is 17.0. The molecular formula is C15H10F4N2O2. The molecule has 2 rings (SSSR count). The Hall–Kier alpha value is -2.90. The minimum Gasteiger partial charge on any atom is -0.318 e. The Labute approximate surface area is 128 Å². The van der Waals surface area contributed by atoms with Gasteiger partial charge in [0, 0.05) is 11.4 Å². The molecule has 2 N–H and O–H groups in total. The van der Waals surface area contributed by atoms with Crippen LogP contribution in [0.5, 0.6) is 0 Å². The first-order valence-corrected chi connectivity index (χ1v) is 6.31. The monoisotopic (exact) mass is 326 g/mol. The molecule has 0 aliphatic heterocycles. The van der Waals surface area contributed by atoms with Crippen LogP contribution in [0.4, 0.5) is 28.9 Å². The molecule has 0 aromatic heterocycles. The SMILES string of the molecule is O=C(Nc1cccc(F)c1)C(=O)Nc1cccc(C(F)(F)F)c1. The number of alkyl halides is 3. The predicted molar refractivity (Wildman–Crippen MR) is 75.1 cm³/mol. The van der Waals surface area contributed by atoms with Gasteiger partial charge in [0.25, 0.3) is 0 Å². The summed E-state index contributed by atoms with van der Waals surface area (Å²) in [5, 5.41) is 4.18. The Morgan fingerprint density at radius 3 is 1.87 bits per heavy atom. The van der Waals surface area contributed by atoms with E-state index in [9.17, 15) is 27.2 Å². The first kappa shape index (κ1) is 16.5. The lowest BCUT2D eigenvalue weighted by atomic mass is 10.2. The van der Waals surface area contributed by atoms with Gasteiger partial charge in [-0.15, -0.1) is 0 Å². The molecular weight excluding hydrogens is 316 g/mol. The van der Waals surface area contributed by atoms with Crippen LogP contribution in [0, 0.1) is 5.82 Å². The van der Waals surface area contributed by atoms with E-state index in [1.54, 1.807) is 0 Å². The Balaban J connectivity index is 2.05. The highest BCUT2D eigenvalue weighted by Gasteiger charge is 2.30. The van der Waals surface area contributed by atoms with Crippen LogP contribution in [0.15, 0.2) is 48.5 Å². The van der Waals surface area contributed by atoms with Crippen LogP contribution in [0.2, 0.25) is 0 Å². The molecule has 0 heterocycles. The van der Waals surface area contributed by atoms with Gasteiger partial charge in [0.15, 0.2) is 0 Å². The lowest BCUT2D eigenvalue weighted by molar-refractivity contribution is -0.137. The van der Waals surface area contributed by atoms with Gasteiger partial charge in [-0.25, -0.2) is 4.39 Å². The molecule has 0 saturated heterocycles. The number of carbonyl (C=O) groups is 2. The van der Waals surface area contributed by atoms with Crippen LogP contribution in [0.3, 0.4) is 0 Å². The second-order valence-corrected chi connectivity index (χ2v) is 4.50. The smallest absolute Gasteiger partial charge is 0.318 e. The van der Waals surface area contributed by atoms with E-state index in [4.69, 9.17) is 0 Å². The number of nitrogens with one attached hydrogen (secondary N) is 2. The van der Waals surface area contributed by atoms with E-state index in [1.807, 2.05) is 5.32 Å². The summed E-state index contributed by atoms with van der Waals surface area (Å²) in [5.41, 5.74) is -1.09. The molecule has 0 saturated carbocycles. The van der Waals surface area contributed by atoms with E-state index in [0.717, 1.165) is 24.3 Å². The number of hydrogen-bond acceptors (Lipinski definition) is 2. The molecule has 8 heteroatoms. The zero-order valence-electron chi connectivity index (χ0n) is 11.4. The molecule has 120 valence electrons. The molecule has 2 aromatic carbocycles. The third-order valence-electron chi connectivity index (χ3n) is 2.74. The van der Waals surface area contributed by atoms with Crippen molar-refractivity contribution in [2.24, 2.45) is 0 Å².